The number of pyridine rings is 1. The van der Waals surface area contributed by atoms with Crippen molar-refractivity contribution in [1.82, 2.24) is 4.98 Å². The second-order valence-electron chi connectivity index (χ2n) is 7.20. The van der Waals surface area contributed by atoms with Gasteiger partial charge >= 0.3 is 0 Å². The zero-order chi connectivity index (χ0) is 19.2. The van der Waals surface area contributed by atoms with E-state index in [0.717, 1.165) is 25.1 Å². The molecule has 1 fully saturated rings. The molecule has 5 nitrogen and oxygen atoms in total. The van der Waals surface area contributed by atoms with Crippen LogP contribution in [0.4, 0.5) is 14.5 Å². The number of hydrogen-bond donors (Lipinski definition) is 2. The van der Waals surface area contributed by atoms with Crippen LogP contribution in [-0.4, -0.2) is 20.8 Å². The van der Waals surface area contributed by atoms with Gasteiger partial charge in [0.15, 0.2) is 5.17 Å². The molecule has 140 valence electrons. The molecule has 0 radical (unpaired) electrons. The van der Waals surface area contributed by atoms with E-state index < -0.39 is 23.1 Å². The molecule has 2 aliphatic rings. The molecule has 1 aromatic carbocycles. The third kappa shape index (κ3) is 3.53. The number of benzene rings is 1. The van der Waals surface area contributed by atoms with Crippen LogP contribution in [0.1, 0.15) is 42.2 Å². The number of carbonyl (C=O) groups excluding carboxylic acids is 1. The Morgan fingerprint density at radius 2 is 2.04 bits per heavy atom. The summed E-state index contributed by atoms with van der Waals surface area (Å²) >= 11 is 1.57. The van der Waals surface area contributed by atoms with E-state index in [4.69, 9.17) is 5.73 Å². The Bertz CT molecular complexity index is 943. The molecular weight excluding hydrogens is 370 g/mol. The third-order valence-corrected chi connectivity index (χ3v) is 6.20. The second-order valence-corrected chi connectivity index (χ2v) is 8.68. The molecule has 1 amide bonds. The molecule has 1 unspecified atom stereocenters. The van der Waals surface area contributed by atoms with Crippen molar-refractivity contribution in [3.05, 3.63) is 59.4 Å². The number of halogens is 2. The summed E-state index contributed by atoms with van der Waals surface area (Å²) in [5.74, 6) is -1.42. The summed E-state index contributed by atoms with van der Waals surface area (Å²) in [7, 11) is 0. The van der Waals surface area contributed by atoms with Crippen LogP contribution < -0.4 is 11.1 Å². The van der Waals surface area contributed by atoms with Crippen molar-refractivity contribution < 1.29 is 13.6 Å². The van der Waals surface area contributed by atoms with Gasteiger partial charge in [0.2, 0.25) is 0 Å². The topological polar surface area (TPSA) is 80.4 Å². The van der Waals surface area contributed by atoms with Crippen molar-refractivity contribution in [3.63, 3.8) is 0 Å². The molecule has 1 aliphatic carbocycles. The van der Waals surface area contributed by atoms with E-state index in [2.05, 4.69) is 15.3 Å². The average molecular weight is 388 g/mol. The lowest BCUT2D eigenvalue weighted by atomic mass is 9.86. The minimum atomic E-state index is -0.787. The summed E-state index contributed by atoms with van der Waals surface area (Å²) in [4.78, 5) is 20.6. The summed E-state index contributed by atoms with van der Waals surface area (Å²) < 4.78 is 27.6. The van der Waals surface area contributed by atoms with Gasteiger partial charge in [-0.15, -0.1) is 0 Å². The monoisotopic (exact) mass is 388 g/mol. The van der Waals surface area contributed by atoms with Gasteiger partial charge < -0.3 is 11.1 Å². The highest BCUT2D eigenvalue weighted by Crippen LogP contribution is 2.58. The molecule has 2 heterocycles. The van der Waals surface area contributed by atoms with Crippen LogP contribution in [0.5, 0.6) is 0 Å². The zero-order valence-corrected chi connectivity index (χ0v) is 15.4. The minimum absolute atomic E-state index is 0.0459. The highest BCUT2D eigenvalue weighted by atomic mass is 32.2. The largest absolute Gasteiger partial charge is 0.378 e. The third-order valence-electron chi connectivity index (χ3n) is 4.92. The maximum Gasteiger partial charge on any atom is 0.274 e. The van der Waals surface area contributed by atoms with Gasteiger partial charge in [-0.1, -0.05) is 11.8 Å². The summed E-state index contributed by atoms with van der Waals surface area (Å²) in [6.07, 6.45) is 3.74. The van der Waals surface area contributed by atoms with Crippen molar-refractivity contribution in [1.29, 1.82) is 0 Å². The van der Waals surface area contributed by atoms with Crippen molar-refractivity contribution in [3.8, 4) is 0 Å². The first kappa shape index (κ1) is 17.9. The number of nitrogens with two attached hydrogens (primary N) is 1. The number of amides is 1. The van der Waals surface area contributed by atoms with Crippen LogP contribution in [0.2, 0.25) is 0 Å². The molecule has 27 heavy (non-hydrogen) atoms. The van der Waals surface area contributed by atoms with Crippen LogP contribution in [0.25, 0.3) is 0 Å². The molecule has 3 N–H and O–H groups in total. The summed E-state index contributed by atoms with van der Waals surface area (Å²) in [5, 5.41) is 3.14. The van der Waals surface area contributed by atoms with E-state index in [1.807, 2.05) is 6.92 Å². The van der Waals surface area contributed by atoms with Gasteiger partial charge in [0.25, 0.3) is 5.91 Å². The predicted octanol–water partition coefficient (Wildman–Crippen LogP) is 3.81. The van der Waals surface area contributed by atoms with Crippen LogP contribution in [-0.2, 0) is 5.54 Å². The standard InChI is InChI=1S/C19H18F2N4OS/c1-18(10-19(6-7-19)27-17(22)25-18)13-8-12(3-4-14(13)21)24-16(26)15-5-2-11(20)9-23-15/h2-5,8-9H,6-7,10H2,1H3,(H2,22,25)(H,24,26). The van der Waals surface area contributed by atoms with Gasteiger partial charge in [0.05, 0.1) is 11.7 Å². The highest BCUT2D eigenvalue weighted by molar-refractivity contribution is 8.15. The molecule has 0 saturated heterocycles. The van der Waals surface area contributed by atoms with E-state index in [9.17, 15) is 13.6 Å². The fourth-order valence-electron chi connectivity index (χ4n) is 3.49. The molecular formula is C19H18F2N4OS. The van der Waals surface area contributed by atoms with Crippen LogP contribution in [0, 0.1) is 11.6 Å². The first-order chi connectivity index (χ1) is 12.8. The Labute approximate surface area is 159 Å². The number of aromatic nitrogens is 1. The lowest BCUT2D eigenvalue weighted by Crippen LogP contribution is -2.35. The van der Waals surface area contributed by atoms with Gasteiger partial charge in [-0.05, 0) is 56.5 Å². The first-order valence-corrected chi connectivity index (χ1v) is 9.38. The molecule has 1 spiro atoms. The first-order valence-electron chi connectivity index (χ1n) is 8.56. The number of thioether (sulfide) groups is 1. The van der Waals surface area contributed by atoms with Gasteiger partial charge in [0.1, 0.15) is 17.3 Å². The molecule has 1 atom stereocenters. The van der Waals surface area contributed by atoms with Crippen molar-refractivity contribution in [2.45, 2.75) is 36.5 Å². The number of amidine groups is 1. The Balaban J connectivity index is 1.63. The molecule has 1 aliphatic heterocycles. The maximum absolute atomic E-state index is 14.6. The summed E-state index contributed by atoms with van der Waals surface area (Å²) in [6.45, 7) is 1.87. The molecule has 1 aromatic heterocycles. The van der Waals surface area contributed by atoms with E-state index in [-0.39, 0.29) is 10.4 Å². The molecule has 2 aromatic rings. The number of nitrogens with one attached hydrogen (secondary N) is 1. The van der Waals surface area contributed by atoms with Crippen LogP contribution in [0.15, 0.2) is 41.5 Å². The number of hydrogen-bond acceptors (Lipinski definition) is 5. The quantitative estimate of drug-likeness (QED) is 0.838. The Morgan fingerprint density at radius 3 is 2.70 bits per heavy atom. The number of anilines is 1. The van der Waals surface area contributed by atoms with Crippen molar-refractivity contribution in [2.75, 3.05) is 5.32 Å². The van der Waals surface area contributed by atoms with E-state index in [0.29, 0.717) is 22.8 Å². The van der Waals surface area contributed by atoms with Crippen molar-refractivity contribution >= 4 is 28.5 Å². The second kappa shape index (κ2) is 6.30. The fourth-order valence-corrected chi connectivity index (χ4v) is 4.84. The minimum Gasteiger partial charge on any atom is -0.378 e. The Morgan fingerprint density at radius 1 is 1.26 bits per heavy atom. The zero-order valence-electron chi connectivity index (χ0n) is 14.6. The van der Waals surface area contributed by atoms with Crippen LogP contribution >= 0.6 is 11.8 Å². The van der Waals surface area contributed by atoms with Gasteiger partial charge in [-0.3, -0.25) is 9.79 Å². The lowest BCUT2D eigenvalue weighted by Gasteiger charge is -2.35. The number of carbonyl (C=O) groups is 1. The SMILES string of the molecule is CC1(c2cc(NC(=O)c3ccc(F)cn3)ccc2F)CC2(CC2)SC(N)=N1. The van der Waals surface area contributed by atoms with Gasteiger partial charge in [0, 0.05) is 16.0 Å². The van der Waals surface area contributed by atoms with Crippen molar-refractivity contribution in [2.24, 2.45) is 10.7 Å². The molecule has 8 heteroatoms. The average Bonchev–Trinajstić information content (AvgIpc) is 3.33. The highest BCUT2D eigenvalue weighted by Gasteiger charge is 2.52. The van der Waals surface area contributed by atoms with E-state index in [1.54, 1.807) is 17.8 Å². The van der Waals surface area contributed by atoms with E-state index >= 15 is 0 Å². The molecule has 1 saturated carbocycles. The predicted molar refractivity (Wildman–Crippen MR) is 102 cm³/mol. The maximum atomic E-state index is 14.6. The number of nitrogens with zero attached hydrogens (tertiary/aromatic N) is 2. The van der Waals surface area contributed by atoms with E-state index in [1.165, 1.54) is 18.2 Å². The van der Waals surface area contributed by atoms with Crippen LogP contribution in [0.3, 0.4) is 0 Å². The number of aliphatic imine (C=N–C) groups is 1. The number of rotatable bonds is 3. The molecule has 4 rings (SSSR count). The Kier molecular flexibility index (Phi) is 4.18. The summed E-state index contributed by atoms with van der Waals surface area (Å²) in [5.41, 5.74) is 6.09. The smallest absolute Gasteiger partial charge is 0.274 e. The van der Waals surface area contributed by atoms with Gasteiger partial charge in [-0.2, -0.15) is 0 Å². The summed E-state index contributed by atoms with van der Waals surface area (Å²) in [6, 6.07) is 6.81. The lowest BCUT2D eigenvalue weighted by molar-refractivity contribution is 0.102. The fraction of sp³-hybridized carbons (Fsp3) is 0.316. The van der Waals surface area contributed by atoms with Gasteiger partial charge in [-0.25, -0.2) is 13.8 Å². The molecule has 0 bridgehead atoms. The Hall–Kier alpha value is -2.48. The normalized spacial score (nSPS) is 23.0.